The van der Waals surface area contributed by atoms with Crippen LogP contribution < -0.4 is 5.32 Å². The molecule has 0 unspecified atom stereocenters. The normalized spacial score (nSPS) is 10.9. The van der Waals surface area contributed by atoms with Gasteiger partial charge in [0.25, 0.3) is 5.71 Å². The molecular formula is C21H16F2N4O3. The second kappa shape index (κ2) is 8.24. The maximum absolute atomic E-state index is 14.0. The average Bonchev–Trinajstić information content (AvgIpc) is 3.18. The fourth-order valence-electron chi connectivity index (χ4n) is 2.89. The van der Waals surface area contributed by atoms with Gasteiger partial charge in [-0.25, -0.2) is 18.6 Å². The Kier molecular flexibility index (Phi) is 5.34. The van der Waals surface area contributed by atoms with E-state index in [0.717, 1.165) is 0 Å². The minimum absolute atomic E-state index is 0.0448. The lowest BCUT2D eigenvalue weighted by Crippen LogP contribution is -2.12. The van der Waals surface area contributed by atoms with Gasteiger partial charge in [-0.05, 0) is 37.3 Å². The van der Waals surface area contributed by atoms with Gasteiger partial charge >= 0.3 is 5.97 Å². The predicted octanol–water partition coefficient (Wildman–Crippen LogP) is 4.35. The van der Waals surface area contributed by atoms with E-state index in [0.29, 0.717) is 22.2 Å². The molecule has 9 heteroatoms. The first-order valence-electron chi connectivity index (χ1n) is 9.14. The standard InChI is InChI=1S/C21H16F2N4O3/c1-2-29-21(28)19-25-18(24-11-13-5-3-4-6-15(13)23)16-17(27-30-20(16)26-19)12-7-9-14(22)10-8-12/h3-10H,2,11H2,1H3,(H,24,25,26). The van der Waals surface area contributed by atoms with E-state index in [2.05, 4.69) is 20.4 Å². The highest BCUT2D eigenvalue weighted by molar-refractivity contribution is 5.99. The highest BCUT2D eigenvalue weighted by Crippen LogP contribution is 2.32. The third kappa shape index (κ3) is 3.82. The van der Waals surface area contributed by atoms with Gasteiger partial charge in [-0.2, -0.15) is 4.98 Å². The molecule has 4 rings (SSSR count). The number of hydrogen-bond acceptors (Lipinski definition) is 7. The molecule has 0 aliphatic heterocycles. The summed E-state index contributed by atoms with van der Waals surface area (Å²) < 4.78 is 37.6. The van der Waals surface area contributed by atoms with Crippen molar-refractivity contribution in [2.75, 3.05) is 11.9 Å². The van der Waals surface area contributed by atoms with E-state index < -0.39 is 11.8 Å². The summed E-state index contributed by atoms with van der Waals surface area (Å²) in [5.41, 5.74) is 1.37. The second-order valence-corrected chi connectivity index (χ2v) is 6.28. The Morgan fingerprint density at radius 3 is 2.60 bits per heavy atom. The summed E-state index contributed by atoms with van der Waals surface area (Å²) in [7, 11) is 0. The van der Waals surface area contributed by atoms with Crippen LogP contribution in [-0.4, -0.2) is 27.7 Å². The number of fused-ring (bicyclic) bond motifs is 1. The highest BCUT2D eigenvalue weighted by Gasteiger charge is 2.22. The van der Waals surface area contributed by atoms with Crippen molar-refractivity contribution < 1.29 is 22.8 Å². The molecule has 0 fully saturated rings. The number of halogens is 2. The van der Waals surface area contributed by atoms with Crippen LogP contribution in [0, 0.1) is 11.6 Å². The first kappa shape index (κ1) is 19.4. The number of hydrogen-bond donors (Lipinski definition) is 1. The van der Waals surface area contributed by atoms with E-state index in [-0.39, 0.29) is 36.3 Å². The van der Waals surface area contributed by atoms with E-state index in [1.54, 1.807) is 25.1 Å². The van der Waals surface area contributed by atoms with Gasteiger partial charge in [0.2, 0.25) is 5.82 Å². The zero-order valence-electron chi connectivity index (χ0n) is 15.9. The Labute approximate surface area is 169 Å². The van der Waals surface area contributed by atoms with Crippen LogP contribution in [0.1, 0.15) is 23.1 Å². The fourth-order valence-corrected chi connectivity index (χ4v) is 2.89. The largest absolute Gasteiger partial charge is 0.460 e. The molecule has 4 aromatic rings. The smallest absolute Gasteiger partial charge is 0.376 e. The second-order valence-electron chi connectivity index (χ2n) is 6.28. The van der Waals surface area contributed by atoms with Gasteiger partial charge in [0.05, 0.1) is 6.61 Å². The minimum Gasteiger partial charge on any atom is -0.460 e. The van der Waals surface area contributed by atoms with E-state index in [1.807, 2.05) is 0 Å². The van der Waals surface area contributed by atoms with Crippen LogP contribution >= 0.6 is 0 Å². The van der Waals surface area contributed by atoms with Gasteiger partial charge in [0, 0.05) is 17.7 Å². The van der Waals surface area contributed by atoms with Crippen molar-refractivity contribution in [3.63, 3.8) is 0 Å². The maximum Gasteiger partial charge on any atom is 0.376 e. The lowest BCUT2D eigenvalue weighted by molar-refractivity contribution is 0.0512. The zero-order valence-corrected chi connectivity index (χ0v) is 15.9. The van der Waals surface area contributed by atoms with Gasteiger partial charge in [0.1, 0.15) is 28.5 Å². The molecule has 0 bridgehead atoms. The van der Waals surface area contributed by atoms with Crippen LogP contribution in [0.2, 0.25) is 0 Å². The Morgan fingerprint density at radius 1 is 1.10 bits per heavy atom. The van der Waals surface area contributed by atoms with Crippen LogP contribution in [-0.2, 0) is 11.3 Å². The first-order valence-corrected chi connectivity index (χ1v) is 9.14. The van der Waals surface area contributed by atoms with Crippen molar-refractivity contribution in [3.05, 3.63) is 71.6 Å². The fraction of sp³-hybridized carbons (Fsp3) is 0.143. The predicted molar refractivity (Wildman–Crippen MR) is 105 cm³/mol. The SMILES string of the molecule is CCOC(=O)c1nc(NCc2ccccc2F)c2c(-c3ccc(F)cc3)noc2n1. The molecule has 0 amide bonds. The lowest BCUT2D eigenvalue weighted by atomic mass is 10.1. The summed E-state index contributed by atoms with van der Waals surface area (Å²) >= 11 is 0. The number of anilines is 1. The Hall–Kier alpha value is -3.88. The number of nitrogens with one attached hydrogen (secondary N) is 1. The molecule has 0 saturated carbocycles. The third-order valence-corrected chi connectivity index (χ3v) is 4.32. The Bertz CT molecular complexity index is 1210. The third-order valence-electron chi connectivity index (χ3n) is 4.32. The van der Waals surface area contributed by atoms with E-state index in [9.17, 15) is 13.6 Å². The Morgan fingerprint density at radius 2 is 1.87 bits per heavy atom. The van der Waals surface area contributed by atoms with Crippen molar-refractivity contribution in [1.29, 1.82) is 0 Å². The van der Waals surface area contributed by atoms with E-state index in [4.69, 9.17) is 9.26 Å². The summed E-state index contributed by atoms with van der Waals surface area (Å²) in [6, 6.07) is 11.9. The number of esters is 1. The minimum atomic E-state index is -0.729. The highest BCUT2D eigenvalue weighted by atomic mass is 19.1. The molecule has 2 heterocycles. The van der Waals surface area contributed by atoms with E-state index in [1.165, 1.54) is 30.3 Å². The summed E-state index contributed by atoms with van der Waals surface area (Å²) in [5, 5.41) is 7.41. The van der Waals surface area contributed by atoms with E-state index >= 15 is 0 Å². The number of benzene rings is 2. The molecule has 0 spiro atoms. The molecule has 152 valence electrons. The summed E-state index contributed by atoms with van der Waals surface area (Å²) in [4.78, 5) is 20.5. The van der Waals surface area contributed by atoms with Crippen molar-refractivity contribution in [2.45, 2.75) is 13.5 Å². The lowest BCUT2D eigenvalue weighted by Gasteiger charge is -2.09. The summed E-state index contributed by atoms with van der Waals surface area (Å²) in [6.45, 7) is 1.90. The number of aromatic nitrogens is 3. The van der Waals surface area contributed by atoms with Gasteiger partial charge in [-0.3, -0.25) is 0 Å². The number of carbonyl (C=O) groups excluding carboxylic acids is 1. The van der Waals surface area contributed by atoms with Crippen LogP contribution in [0.25, 0.3) is 22.4 Å². The van der Waals surface area contributed by atoms with Gasteiger partial charge < -0.3 is 14.6 Å². The molecule has 30 heavy (non-hydrogen) atoms. The van der Waals surface area contributed by atoms with Crippen molar-refractivity contribution in [3.8, 4) is 11.3 Å². The number of nitrogens with zero attached hydrogens (tertiary/aromatic N) is 3. The molecule has 0 saturated heterocycles. The molecule has 1 N–H and O–H groups in total. The quantitative estimate of drug-likeness (QED) is 0.473. The van der Waals surface area contributed by atoms with Gasteiger partial charge in [-0.1, -0.05) is 23.4 Å². The molecule has 0 atom stereocenters. The number of ether oxygens (including phenoxy) is 1. The van der Waals surface area contributed by atoms with Gasteiger partial charge in [0.15, 0.2) is 0 Å². The molecule has 0 radical (unpaired) electrons. The molecule has 2 aromatic heterocycles. The van der Waals surface area contributed by atoms with Gasteiger partial charge in [-0.15, -0.1) is 0 Å². The molecular weight excluding hydrogens is 394 g/mol. The monoisotopic (exact) mass is 410 g/mol. The zero-order chi connectivity index (χ0) is 21.1. The maximum atomic E-state index is 14.0. The molecule has 0 aliphatic rings. The van der Waals surface area contributed by atoms with Crippen LogP contribution in [0.15, 0.2) is 53.1 Å². The summed E-state index contributed by atoms with van der Waals surface area (Å²) in [5.74, 6) is -1.52. The number of rotatable bonds is 6. The molecule has 0 aliphatic carbocycles. The summed E-state index contributed by atoms with van der Waals surface area (Å²) in [6.07, 6.45) is 0. The van der Waals surface area contributed by atoms with Crippen molar-refractivity contribution in [1.82, 2.24) is 15.1 Å². The molecule has 2 aromatic carbocycles. The Balaban J connectivity index is 1.80. The van der Waals surface area contributed by atoms with Crippen molar-refractivity contribution >= 4 is 22.9 Å². The van der Waals surface area contributed by atoms with Crippen LogP contribution in [0.4, 0.5) is 14.6 Å². The number of carbonyl (C=O) groups is 1. The van der Waals surface area contributed by atoms with Crippen molar-refractivity contribution in [2.24, 2.45) is 0 Å². The molecule has 7 nitrogen and oxygen atoms in total. The average molecular weight is 410 g/mol. The topological polar surface area (TPSA) is 90.1 Å². The van der Waals surface area contributed by atoms with Crippen LogP contribution in [0.3, 0.4) is 0 Å². The van der Waals surface area contributed by atoms with Crippen LogP contribution in [0.5, 0.6) is 0 Å². The first-order chi connectivity index (χ1) is 14.6.